The first-order chi connectivity index (χ1) is 17.9. The number of aromatic nitrogens is 3. The Hall–Kier alpha value is -3.11. The predicted molar refractivity (Wildman–Crippen MR) is 134 cm³/mol. The fraction of sp³-hybridized carbons (Fsp3) is 0.556. The van der Waals surface area contributed by atoms with Crippen molar-refractivity contribution in [2.75, 3.05) is 26.4 Å². The van der Waals surface area contributed by atoms with E-state index in [1.165, 1.54) is 12.1 Å². The van der Waals surface area contributed by atoms with Crippen LogP contribution in [0.2, 0.25) is 0 Å². The van der Waals surface area contributed by atoms with Crippen molar-refractivity contribution >= 4 is 16.9 Å². The van der Waals surface area contributed by atoms with Gasteiger partial charge in [0.05, 0.1) is 5.69 Å². The quantitative estimate of drug-likeness (QED) is 0.330. The van der Waals surface area contributed by atoms with Gasteiger partial charge in [0.25, 0.3) is 5.56 Å². The van der Waals surface area contributed by atoms with Crippen molar-refractivity contribution in [3.63, 3.8) is 0 Å². The number of ether oxygens (including phenoxy) is 2. The largest absolute Gasteiger partial charge is 0.438 e. The summed E-state index contributed by atoms with van der Waals surface area (Å²) in [6.07, 6.45) is 3.97. The van der Waals surface area contributed by atoms with Crippen molar-refractivity contribution in [2.24, 2.45) is 0 Å². The molecule has 9 nitrogen and oxygen atoms in total. The van der Waals surface area contributed by atoms with Crippen molar-refractivity contribution in [1.82, 2.24) is 19.6 Å². The van der Waals surface area contributed by atoms with Gasteiger partial charge >= 0.3 is 5.97 Å². The highest BCUT2D eigenvalue weighted by atomic mass is 19.1. The molecule has 37 heavy (non-hydrogen) atoms. The summed E-state index contributed by atoms with van der Waals surface area (Å²) < 4.78 is 31.4. The predicted octanol–water partition coefficient (Wildman–Crippen LogP) is 4.02. The van der Waals surface area contributed by atoms with E-state index in [1.807, 2.05) is 6.92 Å². The first-order valence-corrected chi connectivity index (χ1v) is 13.1. The van der Waals surface area contributed by atoms with E-state index in [-0.39, 0.29) is 36.2 Å². The van der Waals surface area contributed by atoms with Gasteiger partial charge in [-0.3, -0.25) is 14.2 Å². The Labute approximate surface area is 214 Å². The molecule has 5 rings (SSSR count). The minimum absolute atomic E-state index is 0.00228. The minimum atomic E-state index is -0.359. The van der Waals surface area contributed by atoms with Crippen LogP contribution >= 0.6 is 0 Å². The Morgan fingerprint density at radius 3 is 2.81 bits per heavy atom. The molecule has 1 saturated heterocycles. The molecular weight excluding hydrogens is 479 g/mol. The number of esters is 1. The minimum Gasteiger partial charge on any atom is -0.438 e. The van der Waals surface area contributed by atoms with Crippen LogP contribution in [-0.4, -0.2) is 52.0 Å². The van der Waals surface area contributed by atoms with Crippen molar-refractivity contribution in [1.29, 1.82) is 0 Å². The number of carbonyl (C=O) groups excluding carboxylic acids is 1. The fourth-order valence-corrected chi connectivity index (χ4v) is 5.40. The van der Waals surface area contributed by atoms with Crippen LogP contribution in [0.5, 0.6) is 0 Å². The van der Waals surface area contributed by atoms with Gasteiger partial charge in [-0.15, -0.1) is 0 Å². The third kappa shape index (κ3) is 5.45. The van der Waals surface area contributed by atoms with Gasteiger partial charge in [0.2, 0.25) is 0 Å². The molecule has 4 heterocycles. The topological polar surface area (TPSA) is 99.7 Å². The van der Waals surface area contributed by atoms with Crippen molar-refractivity contribution < 1.29 is 23.2 Å². The van der Waals surface area contributed by atoms with Gasteiger partial charge in [-0.1, -0.05) is 12.1 Å². The van der Waals surface area contributed by atoms with Crippen molar-refractivity contribution in [2.45, 2.75) is 70.9 Å². The number of halogens is 1. The van der Waals surface area contributed by atoms with E-state index in [9.17, 15) is 14.0 Å². The average molecular weight is 513 g/mol. The van der Waals surface area contributed by atoms with Gasteiger partial charge in [0.15, 0.2) is 12.4 Å². The van der Waals surface area contributed by atoms with E-state index >= 15 is 0 Å². The van der Waals surface area contributed by atoms with E-state index in [1.54, 1.807) is 17.6 Å². The molecule has 0 amide bonds. The van der Waals surface area contributed by atoms with Crippen LogP contribution in [0.1, 0.15) is 73.8 Å². The standard InChI is InChI=1S/C27H33FN4O5/c1-3-24(33)36-16-35-22-5-4-11-32-26(22)29-17(2)20(27(32)34)10-14-31-12-8-18(9-13-31)25-21-7-6-19(28)15-23(21)37-30-25/h6-7,15,18,22H,3-5,8-14,16H2,1-2H3. The lowest BCUT2D eigenvalue weighted by atomic mass is 9.91. The van der Waals surface area contributed by atoms with Gasteiger partial charge in [-0.25, -0.2) is 9.37 Å². The van der Waals surface area contributed by atoms with E-state index in [0.29, 0.717) is 30.8 Å². The number of piperidine rings is 1. The zero-order valence-corrected chi connectivity index (χ0v) is 21.4. The van der Waals surface area contributed by atoms with Crippen LogP contribution in [0, 0.1) is 12.7 Å². The van der Waals surface area contributed by atoms with Gasteiger partial charge in [-0.2, -0.15) is 0 Å². The Kier molecular flexibility index (Phi) is 7.66. The van der Waals surface area contributed by atoms with Crippen molar-refractivity contribution in [3.05, 3.63) is 57.1 Å². The molecule has 0 spiro atoms. The second kappa shape index (κ2) is 11.1. The molecule has 3 aromatic rings. The summed E-state index contributed by atoms with van der Waals surface area (Å²) in [5.41, 5.74) is 2.87. The SMILES string of the molecule is CCC(=O)OCOC1CCCn2c1nc(C)c(CCN1CCC(c3noc4cc(F)ccc34)CC1)c2=O. The number of rotatable bonds is 8. The molecule has 0 aliphatic carbocycles. The Morgan fingerprint density at radius 1 is 1.22 bits per heavy atom. The highest BCUT2D eigenvalue weighted by Crippen LogP contribution is 2.33. The molecule has 1 fully saturated rings. The number of hydrogen-bond acceptors (Lipinski definition) is 8. The number of fused-ring (bicyclic) bond motifs is 2. The summed E-state index contributed by atoms with van der Waals surface area (Å²) in [5.74, 6) is 0.245. The number of benzene rings is 1. The third-order valence-electron chi connectivity index (χ3n) is 7.53. The normalized spacial score (nSPS) is 18.7. The summed E-state index contributed by atoms with van der Waals surface area (Å²) in [7, 11) is 0. The third-order valence-corrected chi connectivity index (χ3v) is 7.53. The summed E-state index contributed by atoms with van der Waals surface area (Å²) in [5, 5.41) is 5.12. The summed E-state index contributed by atoms with van der Waals surface area (Å²) in [4.78, 5) is 31.9. The van der Waals surface area contributed by atoms with Gasteiger partial charge in [-0.05, 0) is 64.3 Å². The smallest absolute Gasteiger partial charge is 0.307 e. The molecule has 0 bridgehead atoms. The summed E-state index contributed by atoms with van der Waals surface area (Å²) in [6.45, 7) is 6.66. The van der Waals surface area contributed by atoms with E-state index in [0.717, 1.165) is 67.7 Å². The van der Waals surface area contributed by atoms with Crippen LogP contribution in [0.25, 0.3) is 11.0 Å². The number of likely N-dealkylation sites (tertiary alicyclic amines) is 1. The summed E-state index contributed by atoms with van der Waals surface area (Å²) >= 11 is 0. The lowest BCUT2D eigenvalue weighted by molar-refractivity contribution is -0.162. The highest BCUT2D eigenvalue weighted by Gasteiger charge is 2.28. The first kappa shape index (κ1) is 25.5. The zero-order chi connectivity index (χ0) is 25.9. The molecule has 2 aromatic heterocycles. The van der Waals surface area contributed by atoms with Crippen molar-refractivity contribution in [3.8, 4) is 0 Å². The van der Waals surface area contributed by atoms with Crippen LogP contribution in [-0.2, 0) is 27.2 Å². The maximum atomic E-state index is 13.5. The maximum Gasteiger partial charge on any atom is 0.307 e. The Morgan fingerprint density at radius 2 is 2.03 bits per heavy atom. The van der Waals surface area contributed by atoms with E-state index < -0.39 is 0 Å². The molecule has 0 saturated carbocycles. The first-order valence-electron chi connectivity index (χ1n) is 13.1. The molecule has 10 heteroatoms. The molecular formula is C27H33FN4O5. The fourth-order valence-electron chi connectivity index (χ4n) is 5.40. The average Bonchev–Trinajstić information content (AvgIpc) is 3.32. The number of aryl methyl sites for hydroxylation is 1. The molecule has 0 N–H and O–H groups in total. The van der Waals surface area contributed by atoms with Crippen LogP contribution in [0.3, 0.4) is 0 Å². The van der Waals surface area contributed by atoms with E-state index in [4.69, 9.17) is 19.0 Å². The molecule has 1 unspecified atom stereocenters. The summed E-state index contributed by atoms with van der Waals surface area (Å²) in [6, 6.07) is 4.57. The maximum absolute atomic E-state index is 13.5. The lowest BCUT2D eigenvalue weighted by Crippen LogP contribution is -2.38. The monoisotopic (exact) mass is 512 g/mol. The second-order valence-corrected chi connectivity index (χ2v) is 9.85. The molecule has 2 aliphatic rings. The lowest BCUT2D eigenvalue weighted by Gasteiger charge is -2.31. The number of hydrogen-bond donors (Lipinski definition) is 0. The number of carbonyl (C=O) groups is 1. The van der Waals surface area contributed by atoms with Gasteiger partial charge in [0.1, 0.15) is 17.7 Å². The highest BCUT2D eigenvalue weighted by molar-refractivity contribution is 5.79. The number of nitrogens with zero attached hydrogens (tertiary/aromatic N) is 4. The molecule has 198 valence electrons. The van der Waals surface area contributed by atoms with Crippen LogP contribution in [0.15, 0.2) is 27.5 Å². The molecule has 1 atom stereocenters. The van der Waals surface area contributed by atoms with E-state index in [2.05, 4.69) is 10.1 Å². The molecule has 1 aromatic carbocycles. The van der Waals surface area contributed by atoms with Crippen LogP contribution in [0.4, 0.5) is 4.39 Å². The van der Waals surface area contributed by atoms with Crippen LogP contribution < -0.4 is 5.56 Å². The Bertz CT molecular complexity index is 1330. The molecule has 0 radical (unpaired) electrons. The van der Waals surface area contributed by atoms with Gasteiger partial charge in [0, 0.05) is 48.1 Å². The Balaban J connectivity index is 1.20. The zero-order valence-electron chi connectivity index (χ0n) is 21.4. The second-order valence-electron chi connectivity index (χ2n) is 9.85. The molecule has 2 aliphatic heterocycles. The van der Waals surface area contributed by atoms with Gasteiger partial charge < -0.3 is 18.9 Å².